The zero-order valence-electron chi connectivity index (χ0n) is 13.3. The van der Waals surface area contributed by atoms with Gasteiger partial charge in [0.15, 0.2) is 0 Å². The van der Waals surface area contributed by atoms with Gasteiger partial charge in [-0.25, -0.2) is 4.79 Å². The Morgan fingerprint density at radius 1 is 1.18 bits per heavy atom. The third kappa shape index (κ3) is 3.08. The summed E-state index contributed by atoms with van der Waals surface area (Å²) in [5.74, 6) is 0. The first-order valence-electron chi connectivity index (χ1n) is 7.76. The smallest absolute Gasteiger partial charge is 0.409 e. The summed E-state index contributed by atoms with van der Waals surface area (Å²) in [5.41, 5.74) is 0.0104. The summed E-state index contributed by atoms with van der Waals surface area (Å²) in [5, 5.41) is 3.11. The lowest BCUT2D eigenvalue weighted by atomic mass is 10.1. The molecule has 1 amide bonds. The summed E-state index contributed by atoms with van der Waals surface area (Å²) in [6, 6.07) is 0.142. The maximum absolute atomic E-state index is 11.9. The third-order valence-electron chi connectivity index (χ3n) is 4.01. The number of hydrogen-bond donors (Lipinski definition) is 1. The lowest BCUT2D eigenvalue weighted by Crippen LogP contribution is -2.53. The van der Waals surface area contributed by atoms with Crippen LogP contribution >= 0.6 is 0 Å². The topological polar surface area (TPSA) is 79.0 Å². The lowest BCUT2D eigenvalue weighted by molar-refractivity contribution is 0.105. The quantitative estimate of drug-likeness (QED) is 0.810. The van der Waals surface area contributed by atoms with Crippen molar-refractivity contribution >= 4 is 17.5 Å². The fraction of sp³-hybridized carbons (Fsp3) is 0.667. The average molecular weight is 309 g/mol. The minimum Gasteiger partial charge on any atom is -0.450 e. The largest absolute Gasteiger partial charge is 0.450 e. The second-order valence-electron chi connectivity index (χ2n) is 5.51. The van der Waals surface area contributed by atoms with E-state index in [2.05, 4.69) is 5.32 Å². The minimum atomic E-state index is -0.442. The van der Waals surface area contributed by atoms with Crippen molar-refractivity contribution in [3.8, 4) is 0 Å². The summed E-state index contributed by atoms with van der Waals surface area (Å²) in [4.78, 5) is 38.8. The molecule has 0 aliphatic carbocycles. The number of amides is 1. The van der Waals surface area contributed by atoms with E-state index in [1.165, 1.54) is 0 Å². The van der Waals surface area contributed by atoms with Gasteiger partial charge in [0.25, 0.3) is 10.9 Å². The maximum atomic E-state index is 11.9. The highest BCUT2D eigenvalue weighted by Crippen LogP contribution is 2.22. The SMILES string of the molecule is CCOC(=O)N1CCN(c2c(N[C@H](C)CC)c(=O)c2=O)CC1. The number of nitrogens with zero attached hydrogens (tertiary/aromatic N) is 2. The van der Waals surface area contributed by atoms with Gasteiger partial charge < -0.3 is 19.9 Å². The van der Waals surface area contributed by atoms with Crippen LogP contribution in [0.1, 0.15) is 27.2 Å². The number of hydrogen-bond acceptors (Lipinski definition) is 6. The number of nitrogens with one attached hydrogen (secondary N) is 1. The van der Waals surface area contributed by atoms with E-state index in [0.717, 1.165) is 6.42 Å². The molecule has 7 nitrogen and oxygen atoms in total. The molecule has 1 heterocycles. The van der Waals surface area contributed by atoms with Crippen LogP contribution in [0.3, 0.4) is 0 Å². The van der Waals surface area contributed by atoms with Gasteiger partial charge in [0, 0.05) is 32.2 Å². The van der Waals surface area contributed by atoms with Gasteiger partial charge in [-0.2, -0.15) is 0 Å². The lowest BCUT2D eigenvalue weighted by Gasteiger charge is -2.36. The Bertz CT molecular complexity index is 598. The van der Waals surface area contributed by atoms with Crippen molar-refractivity contribution in [2.24, 2.45) is 0 Å². The van der Waals surface area contributed by atoms with Crippen molar-refractivity contribution in [2.45, 2.75) is 33.2 Å². The van der Waals surface area contributed by atoms with E-state index in [4.69, 9.17) is 4.74 Å². The highest BCUT2D eigenvalue weighted by Gasteiger charge is 2.30. The molecule has 1 aromatic carbocycles. The van der Waals surface area contributed by atoms with E-state index in [0.29, 0.717) is 44.2 Å². The van der Waals surface area contributed by atoms with Gasteiger partial charge in [0.05, 0.1) is 6.61 Å². The first kappa shape index (κ1) is 16.3. The molecule has 1 aromatic rings. The molecule has 0 aromatic heterocycles. The van der Waals surface area contributed by atoms with Crippen molar-refractivity contribution < 1.29 is 9.53 Å². The molecule has 1 saturated heterocycles. The van der Waals surface area contributed by atoms with Gasteiger partial charge in [0.2, 0.25) is 0 Å². The maximum Gasteiger partial charge on any atom is 0.409 e. The normalized spacial score (nSPS) is 16.7. The molecule has 1 atom stereocenters. The second-order valence-corrected chi connectivity index (χ2v) is 5.51. The summed E-state index contributed by atoms with van der Waals surface area (Å²) >= 11 is 0. The molecule has 7 heteroatoms. The van der Waals surface area contributed by atoms with Crippen LogP contribution < -0.4 is 21.1 Å². The molecule has 2 rings (SSSR count). The van der Waals surface area contributed by atoms with Gasteiger partial charge in [-0.1, -0.05) is 6.92 Å². The van der Waals surface area contributed by atoms with E-state index >= 15 is 0 Å². The third-order valence-corrected chi connectivity index (χ3v) is 4.01. The predicted octanol–water partition coefficient (Wildman–Crippen LogP) is 0.772. The first-order chi connectivity index (χ1) is 10.5. The van der Waals surface area contributed by atoms with Gasteiger partial charge in [-0.15, -0.1) is 0 Å². The van der Waals surface area contributed by atoms with Crippen molar-refractivity contribution in [3.05, 3.63) is 20.4 Å². The Balaban J connectivity index is 2.03. The molecule has 0 saturated carbocycles. The molecule has 1 N–H and O–H groups in total. The standard InChI is InChI=1S/C15H23N3O4/c1-4-10(3)16-11-12(14(20)13(11)19)17-6-8-18(9-7-17)15(21)22-5-2/h10,16H,4-9H2,1-3H3/t10-/m1/s1. The van der Waals surface area contributed by atoms with E-state index in [1.807, 2.05) is 18.7 Å². The van der Waals surface area contributed by atoms with E-state index < -0.39 is 10.9 Å². The van der Waals surface area contributed by atoms with Crippen LogP contribution in [0.25, 0.3) is 0 Å². The number of piperazine rings is 1. The second kappa shape index (κ2) is 6.81. The Kier molecular flexibility index (Phi) is 5.05. The van der Waals surface area contributed by atoms with Crippen molar-refractivity contribution in [2.75, 3.05) is 43.0 Å². The van der Waals surface area contributed by atoms with Crippen molar-refractivity contribution in [1.29, 1.82) is 0 Å². The van der Waals surface area contributed by atoms with Crippen LogP contribution in [0.4, 0.5) is 16.2 Å². The summed E-state index contributed by atoms with van der Waals surface area (Å²) in [6.07, 6.45) is 0.541. The number of carbonyl (C=O) groups excluding carboxylic acids is 1. The molecule has 122 valence electrons. The van der Waals surface area contributed by atoms with Crippen LogP contribution in [0.2, 0.25) is 0 Å². The zero-order valence-corrected chi connectivity index (χ0v) is 13.3. The fourth-order valence-corrected chi connectivity index (χ4v) is 2.49. The molecular weight excluding hydrogens is 286 g/mol. The summed E-state index contributed by atoms with van der Waals surface area (Å²) in [6.45, 7) is 8.13. The average Bonchev–Trinajstić information content (AvgIpc) is 2.54. The van der Waals surface area contributed by atoms with E-state index in [1.54, 1.807) is 11.8 Å². The molecule has 1 fully saturated rings. The molecule has 0 spiro atoms. The Labute approximate surface area is 129 Å². The molecule has 0 bridgehead atoms. The number of carbonyl (C=O) groups is 1. The van der Waals surface area contributed by atoms with Crippen LogP contribution in [0.15, 0.2) is 9.59 Å². The highest BCUT2D eigenvalue weighted by molar-refractivity contribution is 5.76. The Hall–Kier alpha value is -2.05. The number of ether oxygens (including phenoxy) is 1. The van der Waals surface area contributed by atoms with Crippen LogP contribution in [0.5, 0.6) is 0 Å². The molecule has 1 aliphatic rings. The Morgan fingerprint density at radius 2 is 1.82 bits per heavy atom. The number of rotatable bonds is 5. The highest BCUT2D eigenvalue weighted by atomic mass is 16.6. The molecular formula is C15H23N3O4. The number of anilines is 2. The monoisotopic (exact) mass is 309 g/mol. The van der Waals surface area contributed by atoms with Crippen LogP contribution in [-0.4, -0.2) is 49.8 Å². The zero-order chi connectivity index (χ0) is 16.3. The summed E-state index contributed by atoms with van der Waals surface area (Å²) < 4.78 is 4.97. The van der Waals surface area contributed by atoms with E-state index in [-0.39, 0.29) is 12.1 Å². The van der Waals surface area contributed by atoms with Gasteiger partial charge in [-0.05, 0) is 20.3 Å². The molecule has 0 radical (unpaired) electrons. The van der Waals surface area contributed by atoms with Gasteiger partial charge in [0.1, 0.15) is 11.4 Å². The van der Waals surface area contributed by atoms with Crippen LogP contribution in [-0.2, 0) is 4.74 Å². The molecule has 1 aliphatic heterocycles. The minimum absolute atomic E-state index is 0.142. The van der Waals surface area contributed by atoms with Gasteiger partial charge in [-0.3, -0.25) is 9.59 Å². The van der Waals surface area contributed by atoms with Gasteiger partial charge >= 0.3 is 6.09 Å². The van der Waals surface area contributed by atoms with Crippen LogP contribution in [0, 0.1) is 0 Å². The molecule has 22 heavy (non-hydrogen) atoms. The molecule has 0 unspecified atom stereocenters. The van der Waals surface area contributed by atoms with Crippen molar-refractivity contribution in [1.82, 2.24) is 4.90 Å². The predicted molar refractivity (Wildman–Crippen MR) is 85.5 cm³/mol. The first-order valence-corrected chi connectivity index (χ1v) is 7.76. The van der Waals surface area contributed by atoms with E-state index in [9.17, 15) is 14.4 Å². The fourth-order valence-electron chi connectivity index (χ4n) is 2.49. The Morgan fingerprint density at radius 3 is 2.36 bits per heavy atom. The van der Waals surface area contributed by atoms with Crippen molar-refractivity contribution in [3.63, 3.8) is 0 Å². The summed E-state index contributed by atoms with van der Waals surface area (Å²) in [7, 11) is 0.